The molecule has 0 aliphatic carbocycles. The zero-order chi connectivity index (χ0) is 13.8. The van der Waals surface area contributed by atoms with Gasteiger partial charge in [-0.05, 0) is 43.0 Å². The van der Waals surface area contributed by atoms with E-state index in [4.69, 9.17) is 5.11 Å². The second kappa shape index (κ2) is 5.73. The second-order valence-electron chi connectivity index (χ2n) is 4.98. The molecule has 19 heavy (non-hydrogen) atoms. The number of phenols is 1. The summed E-state index contributed by atoms with van der Waals surface area (Å²) in [7, 11) is 0. The monoisotopic (exact) mass is 262 g/mol. The number of piperidine rings is 1. The number of nitrogens with one attached hydrogen (secondary N) is 1. The lowest BCUT2D eigenvalue weighted by molar-refractivity contribution is -0.144. The number of amides is 2. The van der Waals surface area contributed by atoms with Gasteiger partial charge in [0.2, 0.25) is 0 Å². The van der Waals surface area contributed by atoms with Crippen LogP contribution in [0.1, 0.15) is 19.8 Å². The van der Waals surface area contributed by atoms with Crippen molar-refractivity contribution in [1.82, 2.24) is 4.90 Å². The Morgan fingerprint density at radius 3 is 2.37 bits per heavy atom. The average Bonchev–Trinajstić information content (AvgIpc) is 2.41. The molecule has 102 valence electrons. The SMILES string of the molecule is CC1CCN(C(=O)C(=O)Nc2ccc(O)cc2)CC1. The van der Waals surface area contributed by atoms with Crippen LogP contribution in [0.5, 0.6) is 5.75 Å². The molecule has 5 heteroatoms. The molecule has 2 N–H and O–H groups in total. The summed E-state index contributed by atoms with van der Waals surface area (Å²) in [6.07, 6.45) is 1.89. The molecule has 1 aliphatic heterocycles. The largest absolute Gasteiger partial charge is 0.508 e. The Bertz CT molecular complexity index is 462. The van der Waals surface area contributed by atoms with Crippen LogP contribution in [-0.2, 0) is 9.59 Å². The number of rotatable bonds is 1. The zero-order valence-corrected chi connectivity index (χ0v) is 10.9. The maximum Gasteiger partial charge on any atom is 0.313 e. The first-order valence-electron chi connectivity index (χ1n) is 6.45. The van der Waals surface area contributed by atoms with Crippen LogP contribution in [0.4, 0.5) is 5.69 Å². The summed E-state index contributed by atoms with van der Waals surface area (Å²) >= 11 is 0. The highest BCUT2D eigenvalue weighted by molar-refractivity contribution is 6.39. The van der Waals surface area contributed by atoms with E-state index in [9.17, 15) is 9.59 Å². The van der Waals surface area contributed by atoms with E-state index >= 15 is 0 Å². The van der Waals surface area contributed by atoms with Crippen LogP contribution in [0.2, 0.25) is 0 Å². The number of phenolic OH excluding ortho intramolecular Hbond substituents is 1. The molecule has 0 saturated carbocycles. The van der Waals surface area contributed by atoms with Crippen LogP contribution in [0.3, 0.4) is 0 Å². The molecule has 1 heterocycles. The standard InChI is InChI=1S/C14H18N2O3/c1-10-6-8-16(9-7-10)14(19)13(18)15-11-2-4-12(17)5-3-11/h2-5,10,17H,6-9H2,1H3,(H,15,18). The Morgan fingerprint density at radius 2 is 1.79 bits per heavy atom. The maximum absolute atomic E-state index is 11.9. The van der Waals surface area contributed by atoms with E-state index < -0.39 is 11.8 Å². The predicted molar refractivity (Wildman–Crippen MR) is 71.7 cm³/mol. The van der Waals surface area contributed by atoms with Crippen LogP contribution in [0, 0.1) is 5.92 Å². The highest BCUT2D eigenvalue weighted by Gasteiger charge is 2.25. The molecule has 0 unspecified atom stereocenters. The normalized spacial score (nSPS) is 16.2. The number of carbonyl (C=O) groups excluding carboxylic acids is 2. The topological polar surface area (TPSA) is 69.6 Å². The number of benzene rings is 1. The van der Waals surface area contributed by atoms with Gasteiger partial charge in [-0.3, -0.25) is 9.59 Å². The first kappa shape index (κ1) is 13.4. The lowest BCUT2D eigenvalue weighted by atomic mass is 9.99. The van der Waals surface area contributed by atoms with Gasteiger partial charge in [0.05, 0.1) is 0 Å². The summed E-state index contributed by atoms with van der Waals surface area (Å²) in [5, 5.41) is 11.7. The summed E-state index contributed by atoms with van der Waals surface area (Å²) in [5.41, 5.74) is 0.501. The highest BCUT2D eigenvalue weighted by Crippen LogP contribution is 2.17. The van der Waals surface area contributed by atoms with Crippen molar-refractivity contribution in [2.45, 2.75) is 19.8 Å². The summed E-state index contributed by atoms with van der Waals surface area (Å²) in [6.45, 7) is 3.43. The minimum Gasteiger partial charge on any atom is -0.508 e. The quantitative estimate of drug-likeness (QED) is 0.596. The van der Waals surface area contributed by atoms with Crippen LogP contribution in [0.25, 0.3) is 0 Å². The molecular formula is C14H18N2O3. The third kappa shape index (κ3) is 3.47. The van der Waals surface area contributed by atoms with Gasteiger partial charge in [0.25, 0.3) is 0 Å². The number of hydrogen-bond acceptors (Lipinski definition) is 3. The maximum atomic E-state index is 11.9. The highest BCUT2D eigenvalue weighted by atomic mass is 16.3. The fourth-order valence-corrected chi connectivity index (χ4v) is 2.08. The Labute approximate surface area is 112 Å². The van der Waals surface area contributed by atoms with Gasteiger partial charge in [0.1, 0.15) is 5.75 Å². The third-order valence-electron chi connectivity index (χ3n) is 3.39. The number of hydrogen-bond donors (Lipinski definition) is 2. The molecule has 2 amide bonds. The molecule has 1 saturated heterocycles. The van der Waals surface area contributed by atoms with Crippen molar-refractivity contribution in [1.29, 1.82) is 0 Å². The van der Waals surface area contributed by atoms with Crippen molar-refractivity contribution in [3.05, 3.63) is 24.3 Å². The van der Waals surface area contributed by atoms with Gasteiger partial charge >= 0.3 is 11.8 Å². The molecular weight excluding hydrogens is 244 g/mol. The van der Waals surface area contributed by atoms with Crippen LogP contribution < -0.4 is 5.32 Å². The van der Waals surface area contributed by atoms with E-state index in [1.54, 1.807) is 17.0 Å². The molecule has 0 radical (unpaired) electrons. The summed E-state index contributed by atoms with van der Waals surface area (Å²) in [6, 6.07) is 6.03. The lowest BCUT2D eigenvalue weighted by Crippen LogP contribution is -2.43. The van der Waals surface area contributed by atoms with Crippen LogP contribution >= 0.6 is 0 Å². The predicted octanol–water partition coefficient (Wildman–Crippen LogP) is 1.59. The molecule has 0 aromatic heterocycles. The van der Waals surface area contributed by atoms with Gasteiger partial charge in [-0.1, -0.05) is 6.92 Å². The van der Waals surface area contributed by atoms with Crippen molar-refractivity contribution in [2.24, 2.45) is 5.92 Å². The van der Waals surface area contributed by atoms with Gasteiger partial charge in [0, 0.05) is 18.8 Å². The smallest absolute Gasteiger partial charge is 0.313 e. The van der Waals surface area contributed by atoms with E-state index in [0.717, 1.165) is 12.8 Å². The summed E-state index contributed by atoms with van der Waals surface area (Å²) in [4.78, 5) is 25.3. The Kier molecular flexibility index (Phi) is 4.04. The number of carbonyl (C=O) groups is 2. The molecule has 1 aromatic rings. The van der Waals surface area contributed by atoms with Crippen molar-refractivity contribution in [3.63, 3.8) is 0 Å². The molecule has 0 bridgehead atoms. The number of aromatic hydroxyl groups is 1. The fourth-order valence-electron chi connectivity index (χ4n) is 2.08. The summed E-state index contributed by atoms with van der Waals surface area (Å²) < 4.78 is 0. The van der Waals surface area contributed by atoms with Gasteiger partial charge in [0.15, 0.2) is 0 Å². The molecule has 1 aliphatic rings. The third-order valence-corrected chi connectivity index (χ3v) is 3.39. The van der Waals surface area contributed by atoms with E-state index in [1.165, 1.54) is 12.1 Å². The first-order chi connectivity index (χ1) is 9.06. The van der Waals surface area contributed by atoms with Crippen LogP contribution in [-0.4, -0.2) is 34.9 Å². The number of likely N-dealkylation sites (tertiary alicyclic amines) is 1. The van der Waals surface area contributed by atoms with Gasteiger partial charge in [-0.15, -0.1) is 0 Å². The summed E-state index contributed by atoms with van der Waals surface area (Å²) in [5.74, 6) is -0.376. The zero-order valence-electron chi connectivity index (χ0n) is 10.9. The van der Waals surface area contributed by atoms with Crippen molar-refractivity contribution in [3.8, 4) is 5.75 Å². The molecule has 1 aromatic carbocycles. The molecule has 0 atom stereocenters. The van der Waals surface area contributed by atoms with E-state index in [1.807, 2.05) is 0 Å². The van der Waals surface area contributed by atoms with Gasteiger partial charge < -0.3 is 15.3 Å². The van der Waals surface area contributed by atoms with Gasteiger partial charge in [-0.25, -0.2) is 0 Å². The molecule has 2 rings (SSSR count). The Morgan fingerprint density at radius 1 is 1.21 bits per heavy atom. The molecule has 5 nitrogen and oxygen atoms in total. The minimum absolute atomic E-state index is 0.120. The Hall–Kier alpha value is -2.04. The van der Waals surface area contributed by atoms with Gasteiger partial charge in [-0.2, -0.15) is 0 Å². The fraction of sp³-hybridized carbons (Fsp3) is 0.429. The van der Waals surface area contributed by atoms with E-state index in [0.29, 0.717) is 24.7 Å². The van der Waals surface area contributed by atoms with E-state index in [-0.39, 0.29) is 5.75 Å². The second-order valence-corrected chi connectivity index (χ2v) is 4.98. The Balaban J connectivity index is 1.92. The molecule has 0 spiro atoms. The number of nitrogens with zero attached hydrogens (tertiary/aromatic N) is 1. The molecule has 1 fully saturated rings. The van der Waals surface area contributed by atoms with E-state index in [2.05, 4.69) is 12.2 Å². The first-order valence-corrected chi connectivity index (χ1v) is 6.45. The van der Waals surface area contributed by atoms with Crippen molar-refractivity contribution >= 4 is 17.5 Å². The van der Waals surface area contributed by atoms with Crippen molar-refractivity contribution < 1.29 is 14.7 Å². The lowest BCUT2D eigenvalue weighted by Gasteiger charge is -2.29. The van der Waals surface area contributed by atoms with Crippen LogP contribution in [0.15, 0.2) is 24.3 Å². The number of anilines is 1. The minimum atomic E-state index is -0.625. The van der Waals surface area contributed by atoms with Crippen molar-refractivity contribution in [2.75, 3.05) is 18.4 Å². The average molecular weight is 262 g/mol.